The second-order valence-electron chi connectivity index (χ2n) is 3.00. The van der Waals surface area contributed by atoms with E-state index in [9.17, 15) is 0 Å². The molecule has 2 atom stereocenters. The Bertz CT molecular complexity index is 123. The third-order valence-electron chi connectivity index (χ3n) is 2.28. The summed E-state index contributed by atoms with van der Waals surface area (Å²) >= 11 is 0. The van der Waals surface area contributed by atoms with Crippen molar-refractivity contribution < 1.29 is 0 Å². The monoisotopic (exact) mass is 123 g/mol. The van der Waals surface area contributed by atoms with Gasteiger partial charge in [0.05, 0.1) is 6.07 Å². The van der Waals surface area contributed by atoms with Crippen molar-refractivity contribution in [3.63, 3.8) is 0 Å². The smallest absolute Gasteiger partial charge is 0.0658 e. The average Bonchev–Trinajstić information content (AvgIpc) is 1.89. The van der Waals surface area contributed by atoms with E-state index in [2.05, 4.69) is 13.0 Å². The fraction of sp³-hybridized carbons (Fsp3) is 0.875. The molecular weight excluding hydrogens is 110 g/mol. The lowest BCUT2D eigenvalue weighted by atomic mass is 9.81. The standard InChI is InChI=1S/C8H13N/c1-7-4-2-3-5-8(7)6-9/h7-8H,2-5H2,1H3/t7-,8+/m0/s1. The van der Waals surface area contributed by atoms with Gasteiger partial charge in [0, 0.05) is 5.92 Å². The minimum absolute atomic E-state index is 0.360. The first kappa shape index (κ1) is 6.61. The molecule has 0 radical (unpaired) electrons. The summed E-state index contributed by atoms with van der Waals surface area (Å²) in [6.07, 6.45) is 5.00. The lowest BCUT2D eigenvalue weighted by Gasteiger charge is -2.22. The Morgan fingerprint density at radius 1 is 1.33 bits per heavy atom. The fourth-order valence-electron chi connectivity index (χ4n) is 1.51. The molecule has 0 aromatic heterocycles. The highest BCUT2D eigenvalue weighted by molar-refractivity contribution is 4.88. The third kappa shape index (κ3) is 1.45. The van der Waals surface area contributed by atoms with E-state index in [0.29, 0.717) is 11.8 Å². The molecule has 0 aromatic carbocycles. The molecule has 0 saturated heterocycles. The molecule has 0 unspecified atom stereocenters. The molecule has 0 aromatic rings. The van der Waals surface area contributed by atoms with Crippen molar-refractivity contribution >= 4 is 0 Å². The van der Waals surface area contributed by atoms with Crippen molar-refractivity contribution in [3.05, 3.63) is 0 Å². The first-order valence-electron chi connectivity index (χ1n) is 3.74. The van der Waals surface area contributed by atoms with Crippen LogP contribution in [0.15, 0.2) is 0 Å². The highest BCUT2D eigenvalue weighted by atomic mass is 14.3. The zero-order valence-electron chi connectivity index (χ0n) is 5.93. The van der Waals surface area contributed by atoms with Gasteiger partial charge in [-0.2, -0.15) is 5.26 Å². The SMILES string of the molecule is C[C@H]1CCCC[C@@H]1C#N. The molecule has 0 spiro atoms. The van der Waals surface area contributed by atoms with Crippen molar-refractivity contribution in [3.8, 4) is 6.07 Å². The molecule has 0 amide bonds. The lowest BCUT2D eigenvalue weighted by Crippen LogP contribution is -2.14. The Labute approximate surface area is 56.7 Å². The molecule has 1 saturated carbocycles. The summed E-state index contributed by atoms with van der Waals surface area (Å²) in [5.41, 5.74) is 0. The van der Waals surface area contributed by atoms with Gasteiger partial charge in [0.15, 0.2) is 0 Å². The van der Waals surface area contributed by atoms with E-state index in [-0.39, 0.29) is 0 Å². The van der Waals surface area contributed by atoms with Gasteiger partial charge >= 0.3 is 0 Å². The van der Waals surface area contributed by atoms with Gasteiger partial charge < -0.3 is 0 Å². The second kappa shape index (κ2) is 2.87. The van der Waals surface area contributed by atoms with Crippen molar-refractivity contribution in [2.24, 2.45) is 11.8 Å². The quantitative estimate of drug-likeness (QED) is 0.485. The molecule has 1 heteroatoms. The maximum Gasteiger partial charge on any atom is 0.0658 e. The van der Waals surface area contributed by atoms with Gasteiger partial charge in [-0.3, -0.25) is 0 Å². The molecular formula is C8H13N. The molecule has 1 rings (SSSR count). The molecule has 9 heavy (non-hydrogen) atoms. The van der Waals surface area contributed by atoms with Crippen molar-refractivity contribution in [2.75, 3.05) is 0 Å². The Kier molecular flexibility index (Phi) is 2.10. The topological polar surface area (TPSA) is 23.8 Å². The average molecular weight is 123 g/mol. The van der Waals surface area contributed by atoms with Gasteiger partial charge in [-0.1, -0.05) is 19.8 Å². The van der Waals surface area contributed by atoms with Crippen molar-refractivity contribution in [1.82, 2.24) is 0 Å². The second-order valence-corrected chi connectivity index (χ2v) is 3.00. The van der Waals surface area contributed by atoms with E-state index < -0.39 is 0 Å². The van der Waals surface area contributed by atoms with Gasteiger partial charge in [-0.25, -0.2) is 0 Å². The Morgan fingerprint density at radius 3 is 2.44 bits per heavy atom. The van der Waals surface area contributed by atoms with Crippen molar-refractivity contribution in [1.29, 1.82) is 5.26 Å². The number of nitriles is 1. The maximum absolute atomic E-state index is 8.61. The number of rotatable bonds is 0. The van der Waals surface area contributed by atoms with Crippen LogP contribution in [0.1, 0.15) is 32.6 Å². The van der Waals surface area contributed by atoms with E-state index in [1.54, 1.807) is 0 Å². The van der Waals surface area contributed by atoms with E-state index in [4.69, 9.17) is 5.26 Å². The summed E-state index contributed by atoms with van der Waals surface area (Å²) in [6.45, 7) is 2.19. The summed E-state index contributed by atoms with van der Waals surface area (Å²) in [5.74, 6) is 1.02. The van der Waals surface area contributed by atoms with Crippen LogP contribution in [-0.4, -0.2) is 0 Å². The normalized spacial score (nSPS) is 35.6. The van der Waals surface area contributed by atoms with Gasteiger partial charge in [-0.15, -0.1) is 0 Å². The molecule has 0 N–H and O–H groups in total. The highest BCUT2D eigenvalue weighted by Crippen LogP contribution is 2.28. The molecule has 1 fully saturated rings. The largest absolute Gasteiger partial charge is 0.198 e. The summed E-state index contributed by atoms with van der Waals surface area (Å²) in [4.78, 5) is 0. The fourth-order valence-corrected chi connectivity index (χ4v) is 1.51. The predicted octanol–water partition coefficient (Wildman–Crippen LogP) is 2.34. The van der Waals surface area contributed by atoms with Crippen LogP contribution in [0.2, 0.25) is 0 Å². The maximum atomic E-state index is 8.61. The molecule has 0 aliphatic heterocycles. The van der Waals surface area contributed by atoms with E-state index in [1.165, 1.54) is 19.3 Å². The van der Waals surface area contributed by atoms with Crippen LogP contribution >= 0.6 is 0 Å². The third-order valence-corrected chi connectivity index (χ3v) is 2.28. The van der Waals surface area contributed by atoms with Crippen molar-refractivity contribution in [2.45, 2.75) is 32.6 Å². The zero-order chi connectivity index (χ0) is 6.69. The summed E-state index contributed by atoms with van der Waals surface area (Å²) < 4.78 is 0. The Balaban J connectivity index is 2.41. The molecule has 1 aliphatic carbocycles. The summed E-state index contributed by atoms with van der Waals surface area (Å²) in [6, 6.07) is 2.35. The summed E-state index contributed by atoms with van der Waals surface area (Å²) in [7, 11) is 0. The van der Waals surface area contributed by atoms with Crippen LogP contribution < -0.4 is 0 Å². The van der Waals surface area contributed by atoms with Gasteiger partial charge in [-0.05, 0) is 18.8 Å². The highest BCUT2D eigenvalue weighted by Gasteiger charge is 2.19. The zero-order valence-corrected chi connectivity index (χ0v) is 5.93. The van der Waals surface area contributed by atoms with Crippen LogP contribution in [0.25, 0.3) is 0 Å². The first-order chi connectivity index (χ1) is 4.34. The number of hydrogen-bond acceptors (Lipinski definition) is 1. The number of hydrogen-bond donors (Lipinski definition) is 0. The lowest BCUT2D eigenvalue weighted by molar-refractivity contribution is 0.313. The molecule has 0 bridgehead atoms. The molecule has 50 valence electrons. The van der Waals surface area contributed by atoms with Crippen LogP contribution in [0, 0.1) is 23.2 Å². The predicted molar refractivity (Wildman–Crippen MR) is 36.7 cm³/mol. The number of nitrogens with zero attached hydrogens (tertiary/aromatic N) is 1. The van der Waals surface area contributed by atoms with Gasteiger partial charge in [0.2, 0.25) is 0 Å². The Hall–Kier alpha value is -0.510. The minimum atomic E-state index is 0.360. The molecule has 1 aliphatic rings. The van der Waals surface area contributed by atoms with Gasteiger partial charge in [0.1, 0.15) is 0 Å². The molecule has 1 nitrogen and oxygen atoms in total. The van der Waals surface area contributed by atoms with Crippen LogP contribution in [-0.2, 0) is 0 Å². The van der Waals surface area contributed by atoms with Crippen LogP contribution in [0.5, 0.6) is 0 Å². The Morgan fingerprint density at radius 2 is 2.00 bits per heavy atom. The van der Waals surface area contributed by atoms with Gasteiger partial charge in [0.25, 0.3) is 0 Å². The molecule has 0 heterocycles. The summed E-state index contributed by atoms with van der Waals surface area (Å²) in [5, 5.41) is 8.61. The van der Waals surface area contributed by atoms with E-state index in [1.807, 2.05) is 0 Å². The van der Waals surface area contributed by atoms with Crippen LogP contribution in [0.3, 0.4) is 0 Å². The van der Waals surface area contributed by atoms with E-state index in [0.717, 1.165) is 6.42 Å². The minimum Gasteiger partial charge on any atom is -0.198 e. The van der Waals surface area contributed by atoms with E-state index >= 15 is 0 Å². The van der Waals surface area contributed by atoms with Crippen LogP contribution in [0.4, 0.5) is 0 Å². The first-order valence-corrected chi connectivity index (χ1v) is 3.74.